The van der Waals surface area contributed by atoms with Gasteiger partial charge in [0.1, 0.15) is 5.01 Å². The highest BCUT2D eigenvalue weighted by atomic mass is 32.1. The molecule has 0 saturated carbocycles. The molecule has 1 atom stereocenters. The topological polar surface area (TPSA) is 60.5 Å². The summed E-state index contributed by atoms with van der Waals surface area (Å²) in [5.74, 6) is 1.40. The van der Waals surface area contributed by atoms with Crippen molar-refractivity contribution in [3.63, 3.8) is 0 Å². The minimum Gasteiger partial charge on any atom is -0.454 e. The number of aryl methyl sites for hydroxylation is 1. The predicted molar refractivity (Wildman–Crippen MR) is 105 cm³/mol. The lowest BCUT2D eigenvalue weighted by molar-refractivity contribution is -0.121. The Morgan fingerprint density at radius 2 is 1.96 bits per heavy atom. The average molecular weight is 380 g/mol. The molecule has 0 spiro atoms. The quantitative estimate of drug-likeness (QED) is 0.718. The fourth-order valence-corrected chi connectivity index (χ4v) is 3.77. The predicted octanol–water partition coefficient (Wildman–Crippen LogP) is 4.27. The summed E-state index contributed by atoms with van der Waals surface area (Å²) in [6.45, 7) is 4.25. The third kappa shape index (κ3) is 3.95. The van der Waals surface area contributed by atoms with E-state index in [0.717, 1.165) is 33.3 Å². The second-order valence-electron chi connectivity index (χ2n) is 6.59. The van der Waals surface area contributed by atoms with E-state index in [2.05, 4.69) is 41.5 Å². The van der Waals surface area contributed by atoms with Crippen molar-refractivity contribution < 1.29 is 14.3 Å². The van der Waals surface area contributed by atoms with Crippen molar-refractivity contribution >= 4 is 17.2 Å². The van der Waals surface area contributed by atoms with Gasteiger partial charge >= 0.3 is 0 Å². The number of rotatable bonds is 5. The van der Waals surface area contributed by atoms with Gasteiger partial charge in [-0.1, -0.05) is 35.9 Å². The zero-order chi connectivity index (χ0) is 18.8. The minimum atomic E-state index is -0.123. The number of hydrogen-bond donors (Lipinski definition) is 1. The number of amides is 1. The molecule has 2 heterocycles. The van der Waals surface area contributed by atoms with E-state index in [1.807, 2.05) is 30.5 Å². The Morgan fingerprint density at radius 3 is 2.78 bits per heavy atom. The van der Waals surface area contributed by atoms with Crippen molar-refractivity contribution in [3.8, 4) is 22.1 Å². The molecule has 0 radical (unpaired) electrons. The van der Waals surface area contributed by atoms with Crippen molar-refractivity contribution in [1.29, 1.82) is 0 Å². The van der Waals surface area contributed by atoms with Crippen LogP contribution in [0.4, 0.5) is 0 Å². The van der Waals surface area contributed by atoms with Gasteiger partial charge in [-0.2, -0.15) is 0 Å². The largest absolute Gasteiger partial charge is 0.454 e. The Bertz CT molecular complexity index is 966. The molecule has 3 aromatic rings. The molecule has 1 aliphatic heterocycles. The van der Waals surface area contributed by atoms with E-state index in [1.165, 1.54) is 5.56 Å². The lowest BCUT2D eigenvalue weighted by Gasteiger charge is -2.14. The Morgan fingerprint density at radius 1 is 1.19 bits per heavy atom. The summed E-state index contributed by atoms with van der Waals surface area (Å²) in [6.07, 6.45) is 0.261. The highest BCUT2D eigenvalue weighted by Gasteiger charge is 2.17. The van der Waals surface area contributed by atoms with Gasteiger partial charge in [-0.3, -0.25) is 4.79 Å². The number of ether oxygens (including phenoxy) is 2. The van der Waals surface area contributed by atoms with Crippen molar-refractivity contribution in [2.45, 2.75) is 26.3 Å². The maximum Gasteiger partial charge on any atom is 0.231 e. The van der Waals surface area contributed by atoms with Crippen molar-refractivity contribution in [3.05, 3.63) is 64.7 Å². The van der Waals surface area contributed by atoms with Crippen molar-refractivity contribution in [2.75, 3.05) is 6.79 Å². The number of hydrogen-bond acceptors (Lipinski definition) is 5. The summed E-state index contributed by atoms with van der Waals surface area (Å²) in [5.41, 5.74) is 4.05. The van der Waals surface area contributed by atoms with E-state index in [9.17, 15) is 4.79 Å². The smallest absolute Gasteiger partial charge is 0.231 e. The van der Waals surface area contributed by atoms with Gasteiger partial charge in [-0.05, 0) is 31.5 Å². The zero-order valence-electron chi connectivity index (χ0n) is 15.2. The van der Waals surface area contributed by atoms with Crippen LogP contribution in [0.1, 0.15) is 29.8 Å². The zero-order valence-corrected chi connectivity index (χ0v) is 16.0. The normalized spacial score (nSPS) is 13.4. The van der Waals surface area contributed by atoms with E-state index >= 15 is 0 Å². The maximum absolute atomic E-state index is 12.4. The van der Waals surface area contributed by atoms with E-state index in [1.54, 1.807) is 11.3 Å². The minimum absolute atomic E-state index is 0.0547. The molecular formula is C21H20N2O3S. The number of nitrogens with one attached hydrogen (secondary N) is 1. The number of fused-ring (bicyclic) bond motifs is 1. The number of nitrogens with zero attached hydrogens (tertiary/aromatic N) is 1. The highest BCUT2D eigenvalue weighted by Crippen LogP contribution is 2.34. The molecule has 1 aliphatic rings. The third-order valence-electron chi connectivity index (χ3n) is 4.47. The molecule has 1 N–H and O–H groups in total. The van der Waals surface area contributed by atoms with Gasteiger partial charge in [-0.15, -0.1) is 11.3 Å². The Labute approximate surface area is 162 Å². The van der Waals surface area contributed by atoms with E-state index in [4.69, 9.17) is 9.47 Å². The fourth-order valence-electron chi connectivity index (χ4n) is 2.94. The molecule has 2 aromatic carbocycles. The van der Waals surface area contributed by atoms with Crippen LogP contribution in [0.25, 0.3) is 10.6 Å². The summed E-state index contributed by atoms with van der Waals surface area (Å²) < 4.78 is 10.7. The molecule has 0 aliphatic carbocycles. The Kier molecular flexibility index (Phi) is 4.81. The molecule has 1 aromatic heterocycles. The first-order chi connectivity index (χ1) is 13.1. The number of carbonyl (C=O) groups is 1. The van der Waals surface area contributed by atoms with Gasteiger partial charge in [0.15, 0.2) is 11.5 Å². The van der Waals surface area contributed by atoms with Crippen LogP contribution in [0, 0.1) is 6.92 Å². The summed E-state index contributed by atoms with van der Waals surface area (Å²) in [4.78, 5) is 17.0. The van der Waals surface area contributed by atoms with E-state index < -0.39 is 0 Å². The Hall–Kier alpha value is -2.86. The van der Waals surface area contributed by atoms with Crippen LogP contribution >= 0.6 is 11.3 Å². The van der Waals surface area contributed by atoms with Crippen molar-refractivity contribution in [1.82, 2.24) is 10.3 Å². The second kappa shape index (κ2) is 7.40. The molecule has 0 saturated heterocycles. The molecule has 0 fully saturated rings. The number of carbonyl (C=O) groups excluding carboxylic acids is 1. The van der Waals surface area contributed by atoms with Crippen LogP contribution in [-0.2, 0) is 11.2 Å². The molecule has 5 nitrogen and oxygen atoms in total. The molecule has 0 bridgehead atoms. The lowest BCUT2D eigenvalue weighted by atomic mass is 10.1. The van der Waals surface area contributed by atoms with Gasteiger partial charge in [0.2, 0.25) is 12.7 Å². The maximum atomic E-state index is 12.4. The monoisotopic (exact) mass is 380 g/mol. The van der Waals surface area contributed by atoms with Crippen LogP contribution in [0.15, 0.2) is 47.8 Å². The van der Waals surface area contributed by atoms with E-state index in [-0.39, 0.29) is 25.2 Å². The van der Waals surface area contributed by atoms with Gasteiger partial charge in [-0.25, -0.2) is 4.98 Å². The molecule has 138 valence electrons. The number of thiazole rings is 1. The average Bonchev–Trinajstić information content (AvgIpc) is 3.30. The first-order valence-corrected chi connectivity index (χ1v) is 9.67. The van der Waals surface area contributed by atoms with E-state index in [0.29, 0.717) is 0 Å². The Balaban J connectivity index is 1.38. The SMILES string of the molecule is Cc1ccc(-c2nc(CC(=O)NC(C)c3ccc4c(c3)OCO4)cs2)cc1. The van der Waals surface area contributed by atoms with Crippen LogP contribution < -0.4 is 14.8 Å². The van der Waals surface area contributed by atoms with Gasteiger partial charge in [0.05, 0.1) is 18.2 Å². The van der Waals surface area contributed by atoms with Crippen LogP contribution in [0.5, 0.6) is 11.5 Å². The second-order valence-corrected chi connectivity index (χ2v) is 7.45. The number of aromatic nitrogens is 1. The molecular weight excluding hydrogens is 360 g/mol. The molecule has 6 heteroatoms. The first kappa shape index (κ1) is 17.5. The van der Waals surface area contributed by atoms with Crippen LogP contribution in [0.3, 0.4) is 0 Å². The van der Waals surface area contributed by atoms with Gasteiger partial charge < -0.3 is 14.8 Å². The molecule has 1 amide bonds. The van der Waals surface area contributed by atoms with Gasteiger partial charge in [0, 0.05) is 10.9 Å². The third-order valence-corrected chi connectivity index (χ3v) is 5.41. The van der Waals surface area contributed by atoms with Crippen LogP contribution in [0.2, 0.25) is 0 Å². The summed E-state index contributed by atoms with van der Waals surface area (Å²) in [5, 5.41) is 5.90. The fraction of sp³-hybridized carbons (Fsp3) is 0.238. The summed E-state index contributed by atoms with van der Waals surface area (Å²) >= 11 is 1.56. The summed E-state index contributed by atoms with van der Waals surface area (Å²) in [6, 6.07) is 13.8. The highest BCUT2D eigenvalue weighted by molar-refractivity contribution is 7.13. The lowest BCUT2D eigenvalue weighted by Crippen LogP contribution is -2.28. The standard InChI is InChI=1S/C21H20N2O3S/c1-13-3-5-15(6-4-13)21-23-17(11-27-21)10-20(24)22-14(2)16-7-8-18-19(9-16)26-12-25-18/h3-9,11,14H,10,12H2,1-2H3,(H,22,24). The molecule has 1 unspecified atom stereocenters. The number of benzene rings is 2. The van der Waals surface area contributed by atoms with Crippen LogP contribution in [-0.4, -0.2) is 17.7 Å². The van der Waals surface area contributed by atoms with Gasteiger partial charge in [0.25, 0.3) is 0 Å². The molecule has 4 rings (SSSR count). The summed E-state index contributed by atoms with van der Waals surface area (Å²) in [7, 11) is 0. The molecule has 27 heavy (non-hydrogen) atoms. The first-order valence-electron chi connectivity index (χ1n) is 8.79. The van der Waals surface area contributed by atoms with Crippen molar-refractivity contribution in [2.24, 2.45) is 0 Å².